The first-order valence-corrected chi connectivity index (χ1v) is 3.47. The number of carbonyl (C=O) groups excluding carboxylic acids is 1. The van der Waals surface area contributed by atoms with E-state index in [-0.39, 0.29) is 5.78 Å². The monoisotopic (exact) mass is 157 g/mol. The Morgan fingerprint density at radius 1 is 1.33 bits per heavy atom. The maximum Gasteiger partial charge on any atom is 0.174 e. The quantitative estimate of drug-likeness (QED) is 0.366. The molecule has 0 saturated carbocycles. The molecule has 12 heavy (non-hydrogen) atoms. The van der Waals surface area contributed by atoms with Crippen molar-refractivity contribution in [2.45, 2.75) is 0 Å². The number of hydrogen-bond donors (Lipinski definition) is 0. The van der Waals surface area contributed by atoms with E-state index in [1.807, 2.05) is 6.07 Å². The van der Waals surface area contributed by atoms with E-state index in [4.69, 9.17) is 6.57 Å². The highest BCUT2D eigenvalue weighted by atomic mass is 16.1. The summed E-state index contributed by atoms with van der Waals surface area (Å²) in [4.78, 5) is 14.1. The van der Waals surface area contributed by atoms with Gasteiger partial charge in [0.1, 0.15) is 0 Å². The van der Waals surface area contributed by atoms with Gasteiger partial charge < -0.3 is 0 Å². The number of carbonyl (C=O) groups is 1. The van der Waals surface area contributed by atoms with Crippen LogP contribution < -0.4 is 0 Å². The normalized spacial score (nSPS) is 9.58. The molecule has 0 heterocycles. The summed E-state index contributed by atoms with van der Waals surface area (Å²) in [6.07, 6.45) is 2.43. The molecule has 0 fully saturated rings. The Bertz CT molecular complexity index is 333. The van der Waals surface area contributed by atoms with Crippen LogP contribution in [0.1, 0.15) is 10.4 Å². The van der Waals surface area contributed by atoms with Crippen molar-refractivity contribution >= 4 is 5.78 Å². The van der Waals surface area contributed by atoms with Gasteiger partial charge in [0.25, 0.3) is 0 Å². The van der Waals surface area contributed by atoms with Crippen LogP contribution in [0.25, 0.3) is 4.85 Å². The predicted octanol–water partition coefficient (Wildman–Crippen LogP) is 2.30. The van der Waals surface area contributed by atoms with Gasteiger partial charge in [-0.25, -0.2) is 4.85 Å². The second kappa shape index (κ2) is 4.09. The van der Waals surface area contributed by atoms with Gasteiger partial charge in [-0.15, -0.1) is 0 Å². The summed E-state index contributed by atoms with van der Waals surface area (Å²) in [5.41, 5.74) is 0.609. The van der Waals surface area contributed by atoms with Gasteiger partial charge in [-0.3, -0.25) is 4.79 Å². The number of allylic oxidation sites excluding steroid dienone is 1. The lowest BCUT2D eigenvalue weighted by Crippen LogP contribution is -1.91. The van der Waals surface area contributed by atoms with E-state index in [2.05, 4.69) is 4.85 Å². The Labute approximate surface area is 71.0 Å². The first-order chi connectivity index (χ1) is 5.84. The van der Waals surface area contributed by atoms with Crippen molar-refractivity contribution in [3.8, 4) is 0 Å². The largest absolute Gasteiger partial charge is 0.291 e. The summed E-state index contributed by atoms with van der Waals surface area (Å²) >= 11 is 0. The summed E-state index contributed by atoms with van der Waals surface area (Å²) in [5.74, 6) is -0.133. The molecule has 0 aromatic heterocycles. The molecular weight excluding hydrogens is 150 g/mol. The SMILES string of the molecule is [C-]#[N+]/C=C/C(=O)c1ccccc1. The van der Waals surface area contributed by atoms with Crippen LogP contribution in [-0.2, 0) is 0 Å². The Kier molecular flexibility index (Phi) is 2.80. The van der Waals surface area contributed by atoms with Gasteiger partial charge >= 0.3 is 0 Å². The topological polar surface area (TPSA) is 21.4 Å². The molecule has 1 aromatic rings. The predicted molar refractivity (Wildman–Crippen MR) is 46.5 cm³/mol. The molecule has 58 valence electrons. The highest BCUT2D eigenvalue weighted by Gasteiger charge is 1.97. The minimum Gasteiger partial charge on any atom is -0.291 e. The Hall–Kier alpha value is -1.88. The van der Waals surface area contributed by atoms with Gasteiger partial charge in [0.15, 0.2) is 12.0 Å². The van der Waals surface area contributed by atoms with Crippen molar-refractivity contribution in [1.29, 1.82) is 0 Å². The van der Waals surface area contributed by atoms with Crippen LogP contribution in [0, 0.1) is 6.57 Å². The fourth-order valence-electron chi connectivity index (χ4n) is 0.804. The second-order valence-electron chi connectivity index (χ2n) is 2.18. The van der Waals surface area contributed by atoms with E-state index < -0.39 is 0 Å². The zero-order valence-electron chi connectivity index (χ0n) is 6.40. The summed E-state index contributed by atoms with van der Waals surface area (Å²) in [5, 5.41) is 0. The third-order valence-corrected chi connectivity index (χ3v) is 1.36. The number of ketones is 1. The fourth-order valence-corrected chi connectivity index (χ4v) is 0.804. The average molecular weight is 157 g/mol. The van der Waals surface area contributed by atoms with Crippen molar-refractivity contribution in [2.24, 2.45) is 0 Å². The Morgan fingerprint density at radius 2 is 2.00 bits per heavy atom. The number of benzene rings is 1. The molecule has 0 spiro atoms. The van der Waals surface area contributed by atoms with E-state index in [1.165, 1.54) is 6.08 Å². The molecule has 0 N–H and O–H groups in total. The lowest BCUT2D eigenvalue weighted by atomic mass is 10.1. The van der Waals surface area contributed by atoms with E-state index in [9.17, 15) is 4.79 Å². The van der Waals surface area contributed by atoms with Gasteiger partial charge in [0.05, 0.1) is 6.57 Å². The molecule has 0 aliphatic rings. The first-order valence-electron chi connectivity index (χ1n) is 3.47. The summed E-state index contributed by atoms with van der Waals surface area (Å²) in [6, 6.07) is 8.86. The third kappa shape index (κ3) is 2.06. The first kappa shape index (κ1) is 8.22. The minimum atomic E-state index is -0.133. The third-order valence-electron chi connectivity index (χ3n) is 1.36. The van der Waals surface area contributed by atoms with Gasteiger partial charge in [-0.1, -0.05) is 30.3 Å². The molecule has 0 bridgehead atoms. The zero-order valence-corrected chi connectivity index (χ0v) is 6.40. The van der Waals surface area contributed by atoms with Crippen LogP contribution in [-0.4, -0.2) is 5.78 Å². The number of hydrogen-bond acceptors (Lipinski definition) is 1. The van der Waals surface area contributed by atoms with Crippen molar-refractivity contribution in [3.63, 3.8) is 0 Å². The van der Waals surface area contributed by atoms with Gasteiger partial charge in [0, 0.05) is 5.56 Å². The van der Waals surface area contributed by atoms with Crippen molar-refractivity contribution in [3.05, 3.63) is 59.6 Å². The van der Waals surface area contributed by atoms with E-state index >= 15 is 0 Å². The lowest BCUT2D eigenvalue weighted by molar-refractivity contribution is 0.104. The van der Waals surface area contributed by atoms with Gasteiger partial charge in [0.2, 0.25) is 0 Å². The van der Waals surface area contributed by atoms with Crippen molar-refractivity contribution in [2.75, 3.05) is 0 Å². The molecule has 0 saturated heterocycles. The Morgan fingerprint density at radius 3 is 2.58 bits per heavy atom. The molecule has 2 nitrogen and oxygen atoms in total. The molecule has 0 unspecified atom stereocenters. The molecular formula is C10H7NO. The molecule has 0 atom stereocenters. The average Bonchev–Trinajstić information content (AvgIpc) is 2.15. The summed E-state index contributed by atoms with van der Waals surface area (Å²) < 4.78 is 0. The zero-order chi connectivity index (χ0) is 8.81. The second-order valence-corrected chi connectivity index (χ2v) is 2.18. The summed E-state index contributed by atoms with van der Waals surface area (Å²) in [6.45, 7) is 6.44. The molecule has 0 amide bonds. The maximum absolute atomic E-state index is 11.2. The van der Waals surface area contributed by atoms with Crippen LogP contribution in [0.5, 0.6) is 0 Å². The van der Waals surface area contributed by atoms with E-state index in [1.54, 1.807) is 24.3 Å². The highest BCUT2D eigenvalue weighted by molar-refractivity contribution is 6.04. The molecule has 1 aromatic carbocycles. The van der Waals surface area contributed by atoms with Crippen molar-refractivity contribution < 1.29 is 4.79 Å². The van der Waals surface area contributed by atoms with E-state index in [0.717, 1.165) is 6.20 Å². The highest BCUT2D eigenvalue weighted by Crippen LogP contribution is 2.00. The van der Waals surface area contributed by atoms with Crippen LogP contribution >= 0.6 is 0 Å². The standard InChI is InChI=1S/C10H7NO/c1-11-8-7-10(12)9-5-3-2-4-6-9/h2-8H/b8-7+. The molecule has 0 aliphatic carbocycles. The number of nitrogens with zero attached hydrogens (tertiary/aromatic N) is 1. The lowest BCUT2D eigenvalue weighted by Gasteiger charge is -1.91. The van der Waals surface area contributed by atoms with Crippen LogP contribution in [0.3, 0.4) is 0 Å². The summed E-state index contributed by atoms with van der Waals surface area (Å²) in [7, 11) is 0. The van der Waals surface area contributed by atoms with Crippen LogP contribution in [0.4, 0.5) is 0 Å². The molecule has 0 aliphatic heterocycles. The fraction of sp³-hybridized carbons (Fsp3) is 0. The van der Waals surface area contributed by atoms with Crippen LogP contribution in [0.15, 0.2) is 42.6 Å². The minimum absolute atomic E-state index is 0.133. The molecule has 0 radical (unpaired) electrons. The number of rotatable bonds is 2. The van der Waals surface area contributed by atoms with Crippen molar-refractivity contribution in [1.82, 2.24) is 0 Å². The molecule has 1 rings (SSSR count). The van der Waals surface area contributed by atoms with Gasteiger partial charge in [-0.2, -0.15) is 0 Å². The Balaban J connectivity index is 2.81. The van der Waals surface area contributed by atoms with E-state index in [0.29, 0.717) is 5.56 Å². The maximum atomic E-state index is 11.2. The molecule has 2 heteroatoms. The smallest absolute Gasteiger partial charge is 0.174 e. The van der Waals surface area contributed by atoms with Gasteiger partial charge in [-0.05, 0) is 6.08 Å². The van der Waals surface area contributed by atoms with Crippen LogP contribution in [0.2, 0.25) is 0 Å².